The molecule has 1 aromatic heterocycles. The first kappa shape index (κ1) is 15.5. The second kappa shape index (κ2) is 6.47. The molecular formula is C17H20N4O2S. The number of hydrogen-bond acceptors (Lipinski definition) is 4. The Morgan fingerprint density at radius 1 is 1.33 bits per heavy atom. The van der Waals surface area contributed by atoms with Crippen LogP contribution in [0.4, 0.5) is 0 Å². The zero-order valence-corrected chi connectivity index (χ0v) is 14.1. The van der Waals surface area contributed by atoms with Crippen molar-refractivity contribution in [2.75, 3.05) is 5.75 Å². The molecule has 0 bridgehead atoms. The van der Waals surface area contributed by atoms with E-state index in [4.69, 9.17) is 0 Å². The van der Waals surface area contributed by atoms with Crippen LogP contribution in [-0.4, -0.2) is 26.4 Å². The minimum absolute atomic E-state index is 0.0144. The van der Waals surface area contributed by atoms with E-state index in [-0.39, 0.29) is 29.4 Å². The van der Waals surface area contributed by atoms with Crippen LogP contribution in [0.2, 0.25) is 0 Å². The van der Waals surface area contributed by atoms with Gasteiger partial charge in [0, 0.05) is 6.04 Å². The number of amides is 1. The summed E-state index contributed by atoms with van der Waals surface area (Å²) >= 11 is 1.32. The number of rotatable bonds is 5. The molecule has 0 unspecified atom stereocenters. The molecule has 0 saturated heterocycles. The lowest BCUT2D eigenvalue weighted by molar-refractivity contribution is -0.119. The molecule has 0 spiro atoms. The summed E-state index contributed by atoms with van der Waals surface area (Å²) in [6.07, 6.45) is 5.17. The third-order valence-corrected chi connectivity index (χ3v) is 5.57. The van der Waals surface area contributed by atoms with Gasteiger partial charge < -0.3 is 5.32 Å². The minimum Gasteiger partial charge on any atom is -0.349 e. The van der Waals surface area contributed by atoms with Gasteiger partial charge in [0.15, 0.2) is 5.16 Å². The van der Waals surface area contributed by atoms with Gasteiger partial charge in [-0.05, 0) is 43.2 Å². The number of benzene rings is 1. The normalized spacial score (nSPS) is 19.8. The Labute approximate surface area is 144 Å². The molecule has 2 aliphatic carbocycles. The highest BCUT2D eigenvalue weighted by Crippen LogP contribution is 2.36. The maximum atomic E-state index is 12.3. The number of carbonyl (C=O) groups excluding carboxylic acids is 1. The van der Waals surface area contributed by atoms with E-state index in [2.05, 4.69) is 27.6 Å². The molecule has 2 aliphatic rings. The van der Waals surface area contributed by atoms with Crippen molar-refractivity contribution in [2.45, 2.75) is 49.3 Å². The summed E-state index contributed by atoms with van der Waals surface area (Å²) in [4.78, 5) is 24.1. The molecule has 126 valence electrons. The van der Waals surface area contributed by atoms with Crippen molar-refractivity contribution in [3.8, 4) is 0 Å². The molecule has 6 nitrogen and oxygen atoms in total. The largest absolute Gasteiger partial charge is 0.349 e. The topological polar surface area (TPSA) is 79.8 Å². The standard InChI is InChI=1S/C17H20N4O2S/c22-15(10-24-17-20-19-16(23)21(17)12-8-9-12)18-14-7-3-5-11-4-1-2-6-13(11)14/h1-2,4,6,12,14H,3,5,7-10H2,(H,18,22)(H,19,23)/t14-/m0/s1. The molecule has 1 amide bonds. The predicted molar refractivity (Wildman–Crippen MR) is 92.1 cm³/mol. The molecule has 2 N–H and O–H groups in total. The molecule has 1 fully saturated rings. The second-order valence-corrected chi connectivity index (χ2v) is 7.35. The lowest BCUT2D eigenvalue weighted by Crippen LogP contribution is -2.32. The number of thioether (sulfide) groups is 1. The zero-order chi connectivity index (χ0) is 16.5. The van der Waals surface area contributed by atoms with Crippen LogP contribution >= 0.6 is 11.8 Å². The van der Waals surface area contributed by atoms with E-state index in [9.17, 15) is 9.59 Å². The van der Waals surface area contributed by atoms with Gasteiger partial charge >= 0.3 is 5.69 Å². The van der Waals surface area contributed by atoms with Crippen molar-refractivity contribution in [2.24, 2.45) is 0 Å². The summed E-state index contributed by atoms with van der Waals surface area (Å²) in [5, 5.41) is 10.3. The molecule has 0 radical (unpaired) electrons. The summed E-state index contributed by atoms with van der Waals surface area (Å²) in [7, 11) is 0. The molecule has 7 heteroatoms. The number of aromatic amines is 1. The van der Waals surface area contributed by atoms with Crippen molar-refractivity contribution in [1.29, 1.82) is 0 Å². The van der Waals surface area contributed by atoms with Crippen LogP contribution in [0.5, 0.6) is 0 Å². The van der Waals surface area contributed by atoms with Gasteiger partial charge in [-0.1, -0.05) is 36.0 Å². The van der Waals surface area contributed by atoms with Crippen molar-refractivity contribution in [1.82, 2.24) is 20.1 Å². The summed E-state index contributed by atoms with van der Waals surface area (Å²) < 4.78 is 1.67. The Morgan fingerprint density at radius 2 is 2.17 bits per heavy atom. The quantitative estimate of drug-likeness (QED) is 0.815. The van der Waals surface area contributed by atoms with Crippen LogP contribution < -0.4 is 11.0 Å². The Bertz CT molecular complexity index is 809. The van der Waals surface area contributed by atoms with Gasteiger partial charge in [-0.3, -0.25) is 9.36 Å². The third-order valence-electron chi connectivity index (χ3n) is 4.62. The van der Waals surface area contributed by atoms with E-state index in [1.54, 1.807) is 4.57 Å². The maximum absolute atomic E-state index is 12.3. The van der Waals surface area contributed by atoms with Crippen LogP contribution in [0.1, 0.15) is 48.9 Å². The molecule has 0 aliphatic heterocycles. The highest BCUT2D eigenvalue weighted by molar-refractivity contribution is 7.99. The highest BCUT2D eigenvalue weighted by atomic mass is 32.2. The zero-order valence-electron chi connectivity index (χ0n) is 13.3. The molecule has 1 atom stereocenters. The molecule has 1 saturated carbocycles. The summed E-state index contributed by atoms with van der Waals surface area (Å²) in [5.74, 6) is 0.259. The van der Waals surface area contributed by atoms with Crippen molar-refractivity contribution in [3.05, 3.63) is 45.9 Å². The van der Waals surface area contributed by atoms with Crippen LogP contribution in [0.15, 0.2) is 34.2 Å². The predicted octanol–water partition coefficient (Wildman–Crippen LogP) is 2.19. The average Bonchev–Trinajstić information content (AvgIpc) is 3.36. The molecule has 24 heavy (non-hydrogen) atoms. The lowest BCUT2D eigenvalue weighted by atomic mass is 9.88. The van der Waals surface area contributed by atoms with Gasteiger partial charge in [0.25, 0.3) is 0 Å². The van der Waals surface area contributed by atoms with Crippen LogP contribution in [0.3, 0.4) is 0 Å². The molecule has 1 aromatic carbocycles. The number of hydrogen-bond donors (Lipinski definition) is 2. The summed E-state index contributed by atoms with van der Waals surface area (Å²) in [6, 6.07) is 8.66. The highest BCUT2D eigenvalue weighted by Gasteiger charge is 2.29. The number of H-pyrrole nitrogens is 1. The van der Waals surface area contributed by atoms with Crippen LogP contribution in [-0.2, 0) is 11.2 Å². The first-order chi connectivity index (χ1) is 11.7. The van der Waals surface area contributed by atoms with Crippen LogP contribution in [0.25, 0.3) is 0 Å². The maximum Gasteiger partial charge on any atom is 0.344 e. The van der Waals surface area contributed by atoms with Crippen molar-refractivity contribution < 1.29 is 4.79 Å². The second-order valence-electron chi connectivity index (χ2n) is 6.41. The lowest BCUT2D eigenvalue weighted by Gasteiger charge is -2.26. The van der Waals surface area contributed by atoms with E-state index in [0.717, 1.165) is 32.1 Å². The first-order valence-electron chi connectivity index (χ1n) is 8.39. The Balaban J connectivity index is 1.39. The van der Waals surface area contributed by atoms with Gasteiger partial charge in [-0.2, -0.15) is 0 Å². The monoisotopic (exact) mass is 344 g/mol. The molecule has 2 aromatic rings. The number of nitrogens with one attached hydrogen (secondary N) is 2. The fraction of sp³-hybridized carbons (Fsp3) is 0.471. The average molecular weight is 344 g/mol. The van der Waals surface area contributed by atoms with Crippen LogP contribution in [0, 0.1) is 0 Å². The van der Waals surface area contributed by atoms with Crippen molar-refractivity contribution >= 4 is 17.7 Å². The van der Waals surface area contributed by atoms with Gasteiger partial charge in [-0.15, -0.1) is 5.10 Å². The number of carbonyl (C=O) groups is 1. The molecule has 1 heterocycles. The van der Waals surface area contributed by atoms with Gasteiger partial charge in [0.05, 0.1) is 11.8 Å². The van der Waals surface area contributed by atoms with Crippen molar-refractivity contribution in [3.63, 3.8) is 0 Å². The van der Waals surface area contributed by atoms with E-state index >= 15 is 0 Å². The minimum atomic E-state index is -0.179. The van der Waals surface area contributed by atoms with E-state index < -0.39 is 0 Å². The molecule has 4 rings (SSSR count). The number of fused-ring (bicyclic) bond motifs is 1. The van der Waals surface area contributed by atoms with Gasteiger partial charge in [-0.25, -0.2) is 9.89 Å². The Kier molecular flexibility index (Phi) is 4.18. The third kappa shape index (κ3) is 3.13. The fourth-order valence-corrected chi connectivity index (χ4v) is 4.14. The Hall–Kier alpha value is -2.02. The number of aryl methyl sites for hydroxylation is 1. The number of nitrogens with zero attached hydrogens (tertiary/aromatic N) is 2. The smallest absolute Gasteiger partial charge is 0.344 e. The van der Waals surface area contributed by atoms with Gasteiger partial charge in [0.2, 0.25) is 5.91 Å². The SMILES string of the molecule is O=C(CSc1n[nH]c(=O)n1C1CC1)N[C@H]1CCCc2ccccc21. The summed E-state index contributed by atoms with van der Waals surface area (Å²) in [5.41, 5.74) is 2.38. The Morgan fingerprint density at radius 3 is 3.00 bits per heavy atom. The van der Waals surface area contributed by atoms with E-state index in [1.165, 1.54) is 22.9 Å². The van der Waals surface area contributed by atoms with Gasteiger partial charge in [0.1, 0.15) is 0 Å². The van der Waals surface area contributed by atoms with E-state index in [1.807, 2.05) is 12.1 Å². The number of aromatic nitrogens is 3. The fourth-order valence-electron chi connectivity index (χ4n) is 3.32. The molecular weight excluding hydrogens is 324 g/mol. The first-order valence-corrected chi connectivity index (χ1v) is 9.38. The van der Waals surface area contributed by atoms with E-state index in [0.29, 0.717) is 5.16 Å². The summed E-state index contributed by atoms with van der Waals surface area (Å²) in [6.45, 7) is 0.